The highest BCUT2D eigenvalue weighted by atomic mass is 16.5. The van der Waals surface area contributed by atoms with Crippen LogP contribution in [0.4, 0.5) is 0 Å². The molecule has 1 rings (SSSR count). The molecule has 0 saturated carbocycles. The summed E-state index contributed by atoms with van der Waals surface area (Å²) < 4.78 is 4.98. The van der Waals surface area contributed by atoms with E-state index in [1.165, 1.54) is 4.90 Å². The third-order valence-electron chi connectivity index (χ3n) is 3.00. The summed E-state index contributed by atoms with van der Waals surface area (Å²) in [5, 5.41) is 5.60. The lowest BCUT2D eigenvalue weighted by atomic mass is 10.1. The van der Waals surface area contributed by atoms with Gasteiger partial charge in [-0.25, -0.2) is 0 Å². The van der Waals surface area contributed by atoms with E-state index in [1.807, 2.05) is 13.8 Å². The van der Waals surface area contributed by atoms with Gasteiger partial charge in [0.2, 0.25) is 11.8 Å². The number of hydrogen-bond acceptors (Lipinski definition) is 5. The minimum atomic E-state index is -0.765. The molecule has 1 fully saturated rings. The zero-order valence-corrected chi connectivity index (χ0v) is 12.1. The van der Waals surface area contributed by atoms with Crippen molar-refractivity contribution >= 4 is 17.8 Å². The summed E-state index contributed by atoms with van der Waals surface area (Å²) in [4.78, 5) is 37.0. The van der Waals surface area contributed by atoms with Crippen LogP contribution in [0.5, 0.6) is 0 Å². The standard InChI is InChI=1S/C13H23N3O4/c1-3-7-20-12(18)8-10-13(19)15-5-6-16(10)11(17)9-14-4-2/h10,14H,3-9H2,1-2H3,(H,15,19). The molecule has 7 nitrogen and oxygen atoms in total. The summed E-state index contributed by atoms with van der Waals surface area (Å²) in [7, 11) is 0. The maximum atomic E-state index is 12.0. The van der Waals surface area contributed by atoms with Crippen molar-refractivity contribution in [3.8, 4) is 0 Å². The zero-order chi connectivity index (χ0) is 15.0. The average molecular weight is 285 g/mol. The van der Waals surface area contributed by atoms with Gasteiger partial charge in [-0.15, -0.1) is 0 Å². The predicted molar refractivity (Wildman–Crippen MR) is 72.9 cm³/mol. The second kappa shape index (κ2) is 8.52. The summed E-state index contributed by atoms with van der Waals surface area (Å²) >= 11 is 0. The van der Waals surface area contributed by atoms with Crippen LogP contribution in [0.25, 0.3) is 0 Å². The fourth-order valence-electron chi connectivity index (χ4n) is 1.98. The normalized spacial score (nSPS) is 18.6. The highest BCUT2D eigenvalue weighted by Crippen LogP contribution is 2.10. The molecule has 1 atom stereocenters. The van der Waals surface area contributed by atoms with Crippen molar-refractivity contribution in [2.45, 2.75) is 32.7 Å². The van der Waals surface area contributed by atoms with Gasteiger partial charge in [0.25, 0.3) is 0 Å². The van der Waals surface area contributed by atoms with Gasteiger partial charge in [-0.3, -0.25) is 14.4 Å². The van der Waals surface area contributed by atoms with Gasteiger partial charge in [0.15, 0.2) is 0 Å². The second-order valence-electron chi connectivity index (χ2n) is 4.60. The number of likely N-dealkylation sites (N-methyl/N-ethyl adjacent to an activating group) is 1. The Balaban J connectivity index is 2.62. The predicted octanol–water partition coefficient (Wildman–Crippen LogP) is -0.734. The number of carbonyl (C=O) groups excluding carboxylic acids is 3. The molecule has 0 aromatic carbocycles. The molecule has 0 bridgehead atoms. The van der Waals surface area contributed by atoms with Crippen molar-refractivity contribution in [2.24, 2.45) is 0 Å². The number of ether oxygens (including phenoxy) is 1. The van der Waals surface area contributed by atoms with Crippen LogP contribution < -0.4 is 10.6 Å². The van der Waals surface area contributed by atoms with Crippen LogP contribution in [0.2, 0.25) is 0 Å². The maximum absolute atomic E-state index is 12.0. The third kappa shape index (κ3) is 4.80. The van der Waals surface area contributed by atoms with Gasteiger partial charge in [-0.1, -0.05) is 13.8 Å². The molecule has 1 aliphatic rings. The van der Waals surface area contributed by atoms with Crippen LogP contribution in [0.1, 0.15) is 26.7 Å². The lowest BCUT2D eigenvalue weighted by Crippen LogP contribution is -2.59. The quantitative estimate of drug-likeness (QED) is 0.602. The van der Waals surface area contributed by atoms with E-state index in [0.717, 1.165) is 6.42 Å². The maximum Gasteiger partial charge on any atom is 0.308 e. The van der Waals surface area contributed by atoms with Crippen LogP contribution in [-0.2, 0) is 19.1 Å². The highest BCUT2D eigenvalue weighted by Gasteiger charge is 2.34. The van der Waals surface area contributed by atoms with Gasteiger partial charge < -0.3 is 20.3 Å². The van der Waals surface area contributed by atoms with E-state index in [-0.39, 0.29) is 24.8 Å². The second-order valence-corrected chi connectivity index (χ2v) is 4.60. The topological polar surface area (TPSA) is 87.7 Å². The molecule has 1 unspecified atom stereocenters. The lowest BCUT2D eigenvalue weighted by Gasteiger charge is -2.34. The van der Waals surface area contributed by atoms with Gasteiger partial charge in [-0.2, -0.15) is 0 Å². The first-order valence-electron chi connectivity index (χ1n) is 7.03. The van der Waals surface area contributed by atoms with Gasteiger partial charge in [0.05, 0.1) is 19.6 Å². The monoisotopic (exact) mass is 285 g/mol. The molecular formula is C13H23N3O4. The molecule has 0 aromatic rings. The lowest BCUT2D eigenvalue weighted by molar-refractivity contribution is -0.151. The number of hydrogen-bond donors (Lipinski definition) is 2. The van der Waals surface area contributed by atoms with E-state index in [0.29, 0.717) is 26.2 Å². The number of piperazine rings is 1. The fourth-order valence-corrected chi connectivity index (χ4v) is 1.98. The SMILES string of the molecule is CCCOC(=O)CC1C(=O)NCCN1C(=O)CNCC. The van der Waals surface area contributed by atoms with Gasteiger partial charge >= 0.3 is 5.97 Å². The minimum absolute atomic E-state index is 0.0936. The number of nitrogens with zero attached hydrogens (tertiary/aromatic N) is 1. The Hall–Kier alpha value is -1.63. The molecule has 20 heavy (non-hydrogen) atoms. The van der Waals surface area contributed by atoms with E-state index < -0.39 is 12.0 Å². The molecule has 0 aromatic heterocycles. The Morgan fingerprint density at radius 2 is 2.20 bits per heavy atom. The van der Waals surface area contributed by atoms with Crippen LogP contribution in [0.3, 0.4) is 0 Å². The molecular weight excluding hydrogens is 262 g/mol. The Labute approximate surface area is 119 Å². The van der Waals surface area contributed by atoms with Crippen molar-refractivity contribution < 1.29 is 19.1 Å². The van der Waals surface area contributed by atoms with Gasteiger partial charge in [0.1, 0.15) is 6.04 Å². The minimum Gasteiger partial charge on any atom is -0.466 e. The van der Waals surface area contributed by atoms with E-state index in [9.17, 15) is 14.4 Å². The van der Waals surface area contributed by atoms with Crippen molar-refractivity contribution in [1.82, 2.24) is 15.5 Å². The van der Waals surface area contributed by atoms with Crippen molar-refractivity contribution in [2.75, 3.05) is 32.8 Å². The van der Waals surface area contributed by atoms with Crippen LogP contribution in [0, 0.1) is 0 Å². The molecule has 2 amide bonds. The Bertz CT molecular complexity index is 360. The van der Waals surface area contributed by atoms with Crippen molar-refractivity contribution in [1.29, 1.82) is 0 Å². The zero-order valence-electron chi connectivity index (χ0n) is 12.1. The molecule has 1 aliphatic heterocycles. The molecule has 0 radical (unpaired) electrons. The molecule has 114 valence electrons. The number of amides is 2. The molecule has 7 heteroatoms. The first-order valence-corrected chi connectivity index (χ1v) is 7.03. The molecule has 1 saturated heterocycles. The smallest absolute Gasteiger partial charge is 0.308 e. The van der Waals surface area contributed by atoms with E-state index in [1.54, 1.807) is 0 Å². The summed E-state index contributed by atoms with van der Waals surface area (Å²) in [6.07, 6.45) is 0.634. The summed E-state index contributed by atoms with van der Waals surface area (Å²) in [5.74, 6) is -0.917. The average Bonchev–Trinajstić information content (AvgIpc) is 2.44. The first-order chi connectivity index (χ1) is 9.60. The number of esters is 1. The highest BCUT2D eigenvalue weighted by molar-refractivity contribution is 5.92. The van der Waals surface area contributed by atoms with E-state index in [2.05, 4.69) is 10.6 Å². The van der Waals surface area contributed by atoms with E-state index >= 15 is 0 Å². The summed E-state index contributed by atoms with van der Waals surface area (Å²) in [6.45, 7) is 5.80. The summed E-state index contributed by atoms with van der Waals surface area (Å²) in [5.41, 5.74) is 0. The fraction of sp³-hybridized carbons (Fsp3) is 0.769. The van der Waals surface area contributed by atoms with Crippen LogP contribution in [0.15, 0.2) is 0 Å². The number of rotatable bonds is 7. The molecule has 0 aliphatic carbocycles. The van der Waals surface area contributed by atoms with Crippen molar-refractivity contribution in [3.05, 3.63) is 0 Å². The van der Waals surface area contributed by atoms with Gasteiger partial charge in [0, 0.05) is 13.1 Å². The largest absolute Gasteiger partial charge is 0.466 e. The van der Waals surface area contributed by atoms with Gasteiger partial charge in [-0.05, 0) is 13.0 Å². The molecule has 0 spiro atoms. The molecule has 2 N–H and O–H groups in total. The third-order valence-corrected chi connectivity index (χ3v) is 3.00. The number of carbonyl (C=O) groups is 3. The Morgan fingerprint density at radius 3 is 2.85 bits per heavy atom. The van der Waals surface area contributed by atoms with Crippen LogP contribution in [-0.4, -0.2) is 61.5 Å². The van der Waals surface area contributed by atoms with Crippen LogP contribution >= 0.6 is 0 Å². The van der Waals surface area contributed by atoms with E-state index in [4.69, 9.17) is 4.74 Å². The molecule has 1 heterocycles. The number of nitrogens with one attached hydrogen (secondary N) is 2. The Morgan fingerprint density at radius 1 is 1.45 bits per heavy atom. The summed E-state index contributed by atoms with van der Waals surface area (Å²) in [6, 6.07) is -0.765. The van der Waals surface area contributed by atoms with Crippen molar-refractivity contribution in [3.63, 3.8) is 0 Å². The first kappa shape index (κ1) is 16.4. The Kier molecular flexibility index (Phi) is 7.00.